The van der Waals surface area contributed by atoms with Gasteiger partial charge in [0, 0.05) is 15.6 Å². The van der Waals surface area contributed by atoms with E-state index in [4.69, 9.17) is 44.3 Å². The van der Waals surface area contributed by atoms with Crippen LogP contribution in [0, 0.1) is 0 Å². The van der Waals surface area contributed by atoms with Crippen molar-refractivity contribution in [2.24, 2.45) is 5.10 Å². The van der Waals surface area contributed by atoms with Crippen LogP contribution >= 0.6 is 34.8 Å². The third-order valence-corrected chi connectivity index (χ3v) is 5.34. The number of amides is 2. The Morgan fingerprint density at radius 2 is 1.64 bits per heavy atom. The third kappa shape index (κ3) is 7.71. The Hall–Kier alpha value is -3.59. The van der Waals surface area contributed by atoms with Gasteiger partial charge >= 0.3 is 5.97 Å². The minimum Gasteiger partial charge on any atom is -0.490 e. The minimum atomic E-state index is -0.674. The Balaban J connectivity index is 1.59. The van der Waals surface area contributed by atoms with Crippen molar-refractivity contribution in [1.29, 1.82) is 0 Å². The summed E-state index contributed by atoms with van der Waals surface area (Å²) in [4.78, 5) is 36.6. The van der Waals surface area contributed by atoms with Gasteiger partial charge < -0.3 is 14.8 Å². The molecule has 0 radical (unpaired) electrons. The lowest BCUT2D eigenvalue weighted by Crippen LogP contribution is -2.34. The maximum absolute atomic E-state index is 12.5. The number of nitrogens with zero attached hydrogens (tertiary/aromatic N) is 1. The maximum Gasteiger partial charge on any atom is 0.345 e. The number of carbonyl (C=O) groups excluding carboxylic acids is 3. The van der Waals surface area contributed by atoms with Crippen molar-refractivity contribution in [2.45, 2.75) is 6.92 Å². The molecule has 0 aliphatic rings. The van der Waals surface area contributed by atoms with Gasteiger partial charge in [-0.15, -0.1) is 0 Å². The van der Waals surface area contributed by atoms with Gasteiger partial charge in [0.05, 0.1) is 30.0 Å². The van der Waals surface area contributed by atoms with Gasteiger partial charge in [0.15, 0.2) is 11.5 Å². The van der Waals surface area contributed by atoms with E-state index in [1.54, 1.807) is 43.3 Å². The Labute approximate surface area is 222 Å². The summed E-state index contributed by atoms with van der Waals surface area (Å²) in [6, 6.07) is 15.4. The quantitative estimate of drug-likeness (QED) is 0.167. The van der Waals surface area contributed by atoms with Crippen LogP contribution in [0.1, 0.15) is 33.2 Å². The molecule has 0 aliphatic carbocycles. The zero-order chi connectivity index (χ0) is 26.1. The standard InChI is InChI=1S/C25H20Cl3N3O5/c1-2-35-22-11-15(3-10-21(22)36-25(34)19-9-8-18(27)12-20(19)28)13-30-31-23(32)14-29-24(33)16-4-6-17(26)7-5-16/h3-13H,2,14H2,1H3,(H,29,33)(H,31,32)/b30-13-. The molecule has 0 spiro atoms. The van der Waals surface area contributed by atoms with Gasteiger partial charge in [-0.3, -0.25) is 9.59 Å². The highest BCUT2D eigenvalue weighted by atomic mass is 35.5. The average molecular weight is 549 g/mol. The molecule has 0 aromatic heterocycles. The van der Waals surface area contributed by atoms with Gasteiger partial charge in [0.1, 0.15) is 0 Å². The van der Waals surface area contributed by atoms with E-state index >= 15 is 0 Å². The fraction of sp³-hybridized carbons (Fsp3) is 0.120. The second-order valence-corrected chi connectivity index (χ2v) is 8.42. The molecule has 2 N–H and O–H groups in total. The Morgan fingerprint density at radius 1 is 0.917 bits per heavy atom. The number of benzene rings is 3. The van der Waals surface area contributed by atoms with Crippen LogP contribution in [0.25, 0.3) is 0 Å². The Morgan fingerprint density at radius 3 is 2.33 bits per heavy atom. The number of hydrogen-bond donors (Lipinski definition) is 2. The predicted molar refractivity (Wildman–Crippen MR) is 139 cm³/mol. The highest BCUT2D eigenvalue weighted by Gasteiger charge is 2.16. The Kier molecular flexibility index (Phi) is 9.69. The van der Waals surface area contributed by atoms with Crippen molar-refractivity contribution in [1.82, 2.24) is 10.7 Å². The monoisotopic (exact) mass is 547 g/mol. The summed E-state index contributed by atoms with van der Waals surface area (Å²) in [5.74, 6) is -1.14. The number of ether oxygens (including phenoxy) is 2. The average Bonchev–Trinajstić information content (AvgIpc) is 2.84. The van der Waals surface area contributed by atoms with Crippen molar-refractivity contribution in [3.05, 3.63) is 92.4 Å². The molecule has 0 bridgehead atoms. The number of esters is 1. The number of halogens is 3. The number of carbonyl (C=O) groups is 3. The van der Waals surface area contributed by atoms with E-state index < -0.39 is 17.8 Å². The number of nitrogens with one attached hydrogen (secondary N) is 2. The van der Waals surface area contributed by atoms with Gasteiger partial charge in [0.25, 0.3) is 11.8 Å². The van der Waals surface area contributed by atoms with Crippen LogP contribution in [0.4, 0.5) is 0 Å². The van der Waals surface area contributed by atoms with Crippen molar-refractivity contribution >= 4 is 58.8 Å². The number of rotatable bonds is 9. The first-order chi connectivity index (χ1) is 17.3. The molecule has 0 fully saturated rings. The third-order valence-electron chi connectivity index (χ3n) is 4.54. The van der Waals surface area contributed by atoms with Crippen molar-refractivity contribution in [2.75, 3.05) is 13.2 Å². The zero-order valence-corrected chi connectivity index (χ0v) is 21.2. The molecule has 0 atom stereocenters. The van der Waals surface area contributed by atoms with Gasteiger partial charge in [-0.2, -0.15) is 5.10 Å². The lowest BCUT2D eigenvalue weighted by Gasteiger charge is -2.12. The van der Waals surface area contributed by atoms with Gasteiger partial charge in [-0.05, 0) is 73.2 Å². The normalized spacial score (nSPS) is 10.7. The van der Waals surface area contributed by atoms with Crippen LogP contribution in [0.5, 0.6) is 11.5 Å². The molecule has 0 saturated carbocycles. The lowest BCUT2D eigenvalue weighted by atomic mass is 10.2. The molecule has 3 aromatic rings. The number of hydrogen-bond acceptors (Lipinski definition) is 6. The summed E-state index contributed by atoms with van der Waals surface area (Å²) >= 11 is 17.7. The molecule has 3 aromatic carbocycles. The van der Waals surface area contributed by atoms with Crippen LogP contribution in [0.2, 0.25) is 15.1 Å². The van der Waals surface area contributed by atoms with Crippen molar-refractivity contribution < 1.29 is 23.9 Å². The molecule has 0 heterocycles. The molecule has 3 rings (SSSR count). The molecule has 2 amide bonds. The summed E-state index contributed by atoms with van der Waals surface area (Å²) in [6.07, 6.45) is 1.38. The van der Waals surface area contributed by atoms with E-state index in [0.717, 1.165) is 0 Å². The summed E-state index contributed by atoms with van der Waals surface area (Å²) in [5, 5.41) is 7.42. The molecule has 186 valence electrons. The first-order valence-electron chi connectivity index (χ1n) is 10.6. The SMILES string of the molecule is CCOc1cc(/C=N\NC(=O)CNC(=O)c2ccc(Cl)cc2)ccc1OC(=O)c1ccc(Cl)cc1Cl. The fourth-order valence-corrected chi connectivity index (χ4v) is 3.46. The predicted octanol–water partition coefficient (Wildman–Crippen LogP) is 5.14. The highest BCUT2D eigenvalue weighted by Crippen LogP contribution is 2.30. The van der Waals surface area contributed by atoms with Gasteiger partial charge in [-0.1, -0.05) is 34.8 Å². The first-order valence-corrected chi connectivity index (χ1v) is 11.7. The molecule has 0 unspecified atom stereocenters. The first kappa shape index (κ1) is 27.0. The van der Waals surface area contributed by atoms with Crippen LogP contribution in [0.15, 0.2) is 65.8 Å². The van der Waals surface area contributed by atoms with Crippen molar-refractivity contribution in [3.8, 4) is 11.5 Å². The van der Waals surface area contributed by atoms with E-state index in [1.807, 2.05) is 0 Å². The zero-order valence-electron chi connectivity index (χ0n) is 18.9. The van der Waals surface area contributed by atoms with E-state index in [1.165, 1.54) is 30.5 Å². The summed E-state index contributed by atoms with van der Waals surface area (Å²) < 4.78 is 11.0. The smallest absolute Gasteiger partial charge is 0.345 e. The van der Waals surface area contributed by atoms with Crippen LogP contribution in [-0.4, -0.2) is 37.1 Å². The number of hydrazone groups is 1. The van der Waals surface area contributed by atoms with E-state index in [0.29, 0.717) is 33.5 Å². The summed E-state index contributed by atoms with van der Waals surface area (Å²) in [6.45, 7) is 1.82. The molecule has 11 heteroatoms. The minimum absolute atomic E-state index is 0.153. The topological polar surface area (TPSA) is 106 Å². The van der Waals surface area contributed by atoms with Crippen LogP contribution in [-0.2, 0) is 4.79 Å². The summed E-state index contributed by atoms with van der Waals surface area (Å²) in [7, 11) is 0. The van der Waals surface area contributed by atoms with Crippen LogP contribution in [0.3, 0.4) is 0 Å². The fourth-order valence-electron chi connectivity index (χ4n) is 2.85. The van der Waals surface area contributed by atoms with Crippen LogP contribution < -0.4 is 20.2 Å². The second-order valence-electron chi connectivity index (χ2n) is 7.14. The van der Waals surface area contributed by atoms with Gasteiger partial charge in [-0.25, -0.2) is 10.2 Å². The second kappa shape index (κ2) is 12.9. The molecule has 8 nitrogen and oxygen atoms in total. The molecule has 36 heavy (non-hydrogen) atoms. The maximum atomic E-state index is 12.5. The largest absolute Gasteiger partial charge is 0.490 e. The Bertz CT molecular complexity index is 1300. The van der Waals surface area contributed by atoms with E-state index in [9.17, 15) is 14.4 Å². The highest BCUT2D eigenvalue weighted by molar-refractivity contribution is 6.36. The lowest BCUT2D eigenvalue weighted by molar-refractivity contribution is -0.120. The van der Waals surface area contributed by atoms with Crippen molar-refractivity contribution in [3.63, 3.8) is 0 Å². The molecule has 0 aliphatic heterocycles. The molecular weight excluding hydrogens is 529 g/mol. The molecular formula is C25H20Cl3N3O5. The van der Waals surface area contributed by atoms with E-state index in [-0.39, 0.29) is 22.9 Å². The molecule has 0 saturated heterocycles. The van der Waals surface area contributed by atoms with E-state index in [2.05, 4.69) is 15.8 Å². The summed E-state index contributed by atoms with van der Waals surface area (Å²) in [5.41, 5.74) is 3.41. The van der Waals surface area contributed by atoms with Gasteiger partial charge in [0.2, 0.25) is 0 Å².